The maximum atomic E-state index is 12.7. The summed E-state index contributed by atoms with van der Waals surface area (Å²) in [5.74, 6) is 1.33. The predicted molar refractivity (Wildman–Crippen MR) is 140 cm³/mol. The van der Waals surface area contributed by atoms with Crippen LogP contribution in [0.2, 0.25) is 5.02 Å². The average molecular weight is 529 g/mol. The number of nitrogens with zero attached hydrogens (tertiary/aromatic N) is 1. The van der Waals surface area contributed by atoms with Crippen LogP contribution in [0.1, 0.15) is 18.4 Å². The van der Waals surface area contributed by atoms with Crippen molar-refractivity contribution in [3.05, 3.63) is 83.4 Å². The number of sulfonamides is 1. The number of amides is 1. The molecular formula is C27H29ClN2O5S. The lowest BCUT2D eigenvalue weighted by molar-refractivity contribution is -0.134. The molecule has 1 N–H and O–H groups in total. The van der Waals surface area contributed by atoms with Gasteiger partial charge in [0.15, 0.2) is 6.61 Å². The molecule has 0 atom stereocenters. The van der Waals surface area contributed by atoms with Gasteiger partial charge < -0.3 is 14.4 Å². The van der Waals surface area contributed by atoms with Gasteiger partial charge in [-0.15, -0.1) is 0 Å². The van der Waals surface area contributed by atoms with Crippen LogP contribution in [-0.2, 0) is 21.2 Å². The number of carbonyl (C=O) groups is 1. The number of ether oxygens (including phenoxy) is 2. The highest BCUT2D eigenvalue weighted by atomic mass is 35.5. The minimum Gasteiger partial charge on any atom is -0.497 e. The Labute approximate surface area is 217 Å². The number of rotatable bonds is 9. The topological polar surface area (TPSA) is 84.9 Å². The van der Waals surface area contributed by atoms with E-state index >= 15 is 0 Å². The van der Waals surface area contributed by atoms with E-state index in [9.17, 15) is 13.2 Å². The molecule has 3 aromatic carbocycles. The Hall–Kier alpha value is -3.23. The van der Waals surface area contributed by atoms with Gasteiger partial charge in [0, 0.05) is 18.8 Å². The molecule has 0 saturated carbocycles. The fourth-order valence-electron chi connectivity index (χ4n) is 4.20. The zero-order valence-electron chi connectivity index (χ0n) is 20.0. The van der Waals surface area contributed by atoms with E-state index in [4.69, 9.17) is 21.1 Å². The Morgan fingerprint density at radius 1 is 1.03 bits per heavy atom. The Bertz CT molecular complexity index is 1280. The van der Waals surface area contributed by atoms with Crippen molar-refractivity contribution in [2.45, 2.75) is 24.2 Å². The summed E-state index contributed by atoms with van der Waals surface area (Å²) >= 11 is 6.28. The van der Waals surface area contributed by atoms with E-state index in [0.29, 0.717) is 30.4 Å². The third kappa shape index (κ3) is 6.71. The third-order valence-electron chi connectivity index (χ3n) is 6.24. The fraction of sp³-hybridized carbons (Fsp3) is 0.296. The monoisotopic (exact) mass is 528 g/mol. The summed E-state index contributed by atoms with van der Waals surface area (Å²) in [5.41, 5.74) is 1.72. The molecular weight excluding hydrogens is 500 g/mol. The highest BCUT2D eigenvalue weighted by molar-refractivity contribution is 7.92. The summed E-state index contributed by atoms with van der Waals surface area (Å²) in [4.78, 5) is 14.5. The maximum absolute atomic E-state index is 12.7. The average Bonchev–Trinajstić information content (AvgIpc) is 2.89. The molecule has 0 aliphatic carbocycles. The van der Waals surface area contributed by atoms with Crippen LogP contribution in [0.25, 0.3) is 0 Å². The van der Waals surface area contributed by atoms with E-state index in [1.165, 1.54) is 30.9 Å². The van der Waals surface area contributed by atoms with Crippen LogP contribution >= 0.6 is 11.6 Å². The molecule has 36 heavy (non-hydrogen) atoms. The van der Waals surface area contributed by atoms with Crippen molar-refractivity contribution in [3.8, 4) is 11.5 Å². The van der Waals surface area contributed by atoms with Gasteiger partial charge in [-0.1, -0.05) is 41.9 Å². The molecule has 0 bridgehead atoms. The van der Waals surface area contributed by atoms with Gasteiger partial charge in [0.2, 0.25) is 0 Å². The molecule has 1 aliphatic heterocycles. The minimum absolute atomic E-state index is 0.0116. The molecule has 1 saturated heterocycles. The zero-order valence-corrected chi connectivity index (χ0v) is 21.6. The molecule has 0 spiro atoms. The summed E-state index contributed by atoms with van der Waals surface area (Å²) < 4.78 is 38.7. The number of likely N-dealkylation sites (tertiary alicyclic amines) is 1. The molecule has 0 aromatic heterocycles. The molecule has 9 heteroatoms. The van der Waals surface area contributed by atoms with E-state index in [1.807, 2.05) is 11.0 Å². The first-order valence-electron chi connectivity index (χ1n) is 11.7. The van der Waals surface area contributed by atoms with Crippen LogP contribution in [-0.4, -0.2) is 46.0 Å². The second-order valence-electron chi connectivity index (χ2n) is 8.73. The normalized spacial score (nSPS) is 14.3. The second-order valence-corrected chi connectivity index (χ2v) is 10.8. The summed E-state index contributed by atoms with van der Waals surface area (Å²) in [6.07, 6.45) is 2.93. The summed E-state index contributed by atoms with van der Waals surface area (Å²) in [6.45, 7) is 1.24. The van der Waals surface area contributed by atoms with Gasteiger partial charge in [-0.3, -0.25) is 9.52 Å². The lowest BCUT2D eigenvalue weighted by Crippen LogP contribution is -2.41. The van der Waals surface area contributed by atoms with Crippen LogP contribution in [0.15, 0.2) is 77.7 Å². The quantitative estimate of drug-likeness (QED) is 0.422. The number of benzene rings is 3. The van der Waals surface area contributed by atoms with Crippen molar-refractivity contribution in [2.75, 3.05) is 31.5 Å². The van der Waals surface area contributed by atoms with Crippen LogP contribution < -0.4 is 14.2 Å². The molecule has 3 aromatic rings. The lowest BCUT2D eigenvalue weighted by atomic mass is 9.90. The van der Waals surface area contributed by atoms with Gasteiger partial charge in [0.1, 0.15) is 11.5 Å². The first-order valence-corrected chi connectivity index (χ1v) is 13.6. The number of hydrogen-bond acceptors (Lipinski definition) is 5. The van der Waals surface area contributed by atoms with Gasteiger partial charge in [-0.05, 0) is 73.2 Å². The molecule has 0 unspecified atom stereocenters. The summed E-state index contributed by atoms with van der Waals surface area (Å²) in [6, 6.07) is 21.1. The first-order chi connectivity index (χ1) is 17.3. The maximum Gasteiger partial charge on any atom is 0.261 e. The molecule has 1 heterocycles. The van der Waals surface area contributed by atoms with Crippen LogP contribution in [0.4, 0.5) is 5.69 Å². The highest BCUT2D eigenvalue weighted by Gasteiger charge is 2.24. The van der Waals surface area contributed by atoms with Crippen molar-refractivity contribution in [1.29, 1.82) is 0 Å². The van der Waals surface area contributed by atoms with Crippen molar-refractivity contribution >= 4 is 33.2 Å². The van der Waals surface area contributed by atoms with E-state index < -0.39 is 10.0 Å². The van der Waals surface area contributed by atoms with E-state index in [2.05, 4.69) is 29.0 Å². The number of anilines is 1. The predicted octanol–water partition coefficient (Wildman–Crippen LogP) is 5.01. The Morgan fingerprint density at radius 3 is 2.36 bits per heavy atom. The molecule has 1 amide bonds. The highest BCUT2D eigenvalue weighted by Crippen LogP contribution is 2.29. The summed E-state index contributed by atoms with van der Waals surface area (Å²) in [7, 11) is -2.32. The van der Waals surface area contributed by atoms with Gasteiger partial charge >= 0.3 is 0 Å². The number of methoxy groups -OCH3 is 1. The Morgan fingerprint density at radius 2 is 1.72 bits per heavy atom. The van der Waals surface area contributed by atoms with Gasteiger partial charge in [-0.2, -0.15) is 0 Å². The first kappa shape index (κ1) is 25.9. The summed E-state index contributed by atoms with van der Waals surface area (Å²) in [5, 5.41) is 0.113. The second kappa shape index (κ2) is 11.7. The number of carbonyl (C=O) groups excluding carboxylic acids is 1. The van der Waals surface area contributed by atoms with E-state index in [1.54, 1.807) is 24.3 Å². The van der Waals surface area contributed by atoms with E-state index in [-0.39, 0.29) is 28.2 Å². The standard InChI is InChI=1S/C27H29ClN2O5S/c1-34-23-9-7-22(8-10-23)29-36(32,33)24-11-12-26(25(28)18-24)35-19-27(31)30-15-13-21(14-16-30)17-20-5-3-2-4-6-20/h2-12,18,21,29H,13-17,19H2,1H3. The zero-order chi connectivity index (χ0) is 25.5. The third-order valence-corrected chi connectivity index (χ3v) is 7.92. The van der Waals surface area contributed by atoms with Gasteiger partial charge in [0.25, 0.3) is 15.9 Å². The number of hydrogen-bond donors (Lipinski definition) is 1. The minimum atomic E-state index is -3.85. The lowest BCUT2D eigenvalue weighted by Gasteiger charge is -2.32. The van der Waals surface area contributed by atoms with Crippen LogP contribution in [0, 0.1) is 5.92 Å². The molecule has 0 radical (unpaired) electrons. The molecule has 190 valence electrons. The van der Waals surface area contributed by atoms with Crippen LogP contribution in [0.3, 0.4) is 0 Å². The van der Waals surface area contributed by atoms with Gasteiger partial charge in [-0.25, -0.2) is 8.42 Å². The molecule has 1 aliphatic rings. The molecule has 1 fully saturated rings. The Balaban J connectivity index is 1.29. The van der Waals surface area contributed by atoms with E-state index in [0.717, 1.165) is 19.3 Å². The van der Waals surface area contributed by atoms with Crippen molar-refractivity contribution in [1.82, 2.24) is 4.90 Å². The van der Waals surface area contributed by atoms with Crippen molar-refractivity contribution in [2.24, 2.45) is 5.92 Å². The smallest absolute Gasteiger partial charge is 0.261 e. The number of halogens is 1. The fourth-order valence-corrected chi connectivity index (χ4v) is 5.59. The molecule has 4 rings (SSSR count). The van der Waals surface area contributed by atoms with Crippen molar-refractivity contribution in [3.63, 3.8) is 0 Å². The Kier molecular flexibility index (Phi) is 8.38. The van der Waals surface area contributed by atoms with Gasteiger partial charge in [0.05, 0.1) is 17.0 Å². The number of nitrogens with one attached hydrogen (secondary N) is 1. The largest absolute Gasteiger partial charge is 0.497 e. The van der Waals surface area contributed by atoms with Crippen LogP contribution in [0.5, 0.6) is 11.5 Å². The SMILES string of the molecule is COc1ccc(NS(=O)(=O)c2ccc(OCC(=O)N3CCC(Cc4ccccc4)CC3)c(Cl)c2)cc1. The number of piperidine rings is 1. The van der Waals surface area contributed by atoms with Crippen molar-refractivity contribution < 1.29 is 22.7 Å². The molecule has 7 nitrogen and oxygen atoms in total.